The van der Waals surface area contributed by atoms with E-state index in [1.54, 1.807) is 0 Å². The van der Waals surface area contributed by atoms with Gasteiger partial charge in [0.05, 0.1) is 0 Å². The first-order valence-corrected chi connectivity index (χ1v) is 8.93. The molecule has 25 heavy (non-hydrogen) atoms. The summed E-state index contributed by atoms with van der Waals surface area (Å²) in [4.78, 5) is 2.19. The molecule has 0 fully saturated rings. The largest absolute Gasteiger partial charge is 0.378 e. The van der Waals surface area contributed by atoms with E-state index in [0.29, 0.717) is 0 Å². The molecule has 2 aliphatic rings. The Labute approximate surface area is 152 Å². The topological polar surface area (TPSA) is 6.25 Å². The lowest BCUT2D eigenvalue weighted by atomic mass is 9.71. The van der Waals surface area contributed by atoms with Gasteiger partial charge in [-0.15, -0.1) is 0 Å². The molecule has 0 saturated carbocycles. The Bertz CT molecular complexity index is 949. The highest BCUT2D eigenvalue weighted by Crippen LogP contribution is 2.36. The molecule has 1 heterocycles. The highest BCUT2D eigenvalue weighted by molar-refractivity contribution is 5.67. The molecule has 132 valence electrons. The first-order chi connectivity index (χ1) is 11.4. The predicted molar refractivity (Wildman–Crippen MR) is 109 cm³/mol. The third-order valence-electron chi connectivity index (χ3n) is 5.81. The summed E-state index contributed by atoms with van der Waals surface area (Å²) < 4.78 is 2.42. The third kappa shape index (κ3) is 2.68. The van der Waals surface area contributed by atoms with E-state index in [1.165, 1.54) is 51.4 Å². The molecule has 0 atom stereocenters. The van der Waals surface area contributed by atoms with Crippen LogP contribution in [0.25, 0.3) is 6.08 Å². The van der Waals surface area contributed by atoms with Crippen LogP contribution in [-0.4, -0.2) is 27.7 Å². The van der Waals surface area contributed by atoms with Crippen molar-refractivity contribution >= 4 is 11.8 Å². The number of aryl methyl sites for hydroxylation is 1. The lowest BCUT2D eigenvalue weighted by Crippen LogP contribution is -2.40. The van der Waals surface area contributed by atoms with Crippen molar-refractivity contribution in [1.29, 1.82) is 0 Å². The van der Waals surface area contributed by atoms with Crippen LogP contribution in [-0.2, 0) is 11.8 Å². The van der Waals surface area contributed by atoms with Gasteiger partial charge in [-0.1, -0.05) is 27.3 Å². The second kappa shape index (κ2) is 6.01. The van der Waals surface area contributed by atoms with Crippen molar-refractivity contribution in [3.63, 3.8) is 0 Å². The van der Waals surface area contributed by atoms with Crippen LogP contribution in [0.4, 0.5) is 5.69 Å². The summed E-state index contributed by atoms with van der Waals surface area (Å²) in [6.07, 6.45) is 4.84. The van der Waals surface area contributed by atoms with Gasteiger partial charge in [-0.3, -0.25) is 0 Å². The molecule has 0 radical (unpaired) electrons. The molecular weight excluding hydrogens is 304 g/mol. The molecule has 0 N–H and O–H groups in total. The SMILES string of the molecule is C.CN(C)c1ccc2c(c1)C(C)(C)c1cc3c(cc1=C2)CCC[N+]=3C. The van der Waals surface area contributed by atoms with Gasteiger partial charge in [-0.2, -0.15) is 0 Å². The summed E-state index contributed by atoms with van der Waals surface area (Å²) in [6, 6.07) is 11.7. The summed E-state index contributed by atoms with van der Waals surface area (Å²) >= 11 is 0. The molecule has 0 amide bonds. The average molecular weight is 336 g/mol. The van der Waals surface area contributed by atoms with Gasteiger partial charge in [0.25, 0.3) is 0 Å². The van der Waals surface area contributed by atoms with Crippen molar-refractivity contribution in [2.75, 3.05) is 32.6 Å². The number of anilines is 1. The molecule has 0 aromatic heterocycles. The van der Waals surface area contributed by atoms with E-state index in [4.69, 9.17) is 0 Å². The zero-order valence-corrected chi connectivity index (χ0v) is 15.5. The molecule has 0 spiro atoms. The summed E-state index contributed by atoms with van der Waals surface area (Å²) in [5.74, 6) is 0. The first-order valence-electron chi connectivity index (χ1n) is 8.93. The van der Waals surface area contributed by atoms with Crippen LogP contribution in [0.1, 0.15) is 49.9 Å². The Kier molecular flexibility index (Phi) is 4.26. The van der Waals surface area contributed by atoms with Crippen LogP contribution in [0.2, 0.25) is 0 Å². The van der Waals surface area contributed by atoms with Crippen LogP contribution in [0, 0.1) is 0 Å². The molecule has 4 rings (SSSR count). The lowest BCUT2D eigenvalue weighted by Gasteiger charge is -2.33. The van der Waals surface area contributed by atoms with Crippen molar-refractivity contribution in [3.8, 4) is 0 Å². The van der Waals surface area contributed by atoms with Crippen LogP contribution in [0.3, 0.4) is 0 Å². The van der Waals surface area contributed by atoms with Crippen molar-refractivity contribution in [1.82, 2.24) is 4.58 Å². The van der Waals surface area contributed by atoms with Crippen molar-refractivity contribution in [2.24, 2.45) is 0 Å². The maximum Gasteiger partial charge on any atom is 0.203 e. The Morgan fingerprint density at radius 1 is 1.04 bits per heavy atom. The fraction of sp³-hybridized carbons (Fsp3) is 0.435. The molecular formula is C23H31N2+. The Hall–Kier alpha value is -2.09. The number of fused-ring (bicyclic) bond motifs is 3. The monoisotopic (exact) mass is 335 g/mol. The zero-order chi connectivity index (χ0) is 17.1. The molecule has 2 heteroatoms. The Morgan fingerprint density at radius 2 is 1.80 bits per heavy atom. The smallest absolute Gasteiger partial charge is 0.203 e. The van der Waals surface area contributed by atoms with Crippen molar-refractivity contribution < 1.29 is 0 Å². The minimum absolute atomic E-state index is 0. The first kappa shape index (κ1) is 17.7. The molecule has 2 aromatic rings. The fourth-order valence-corrected chi connectivity index (χ4v) is 4.30. The number of hydrogen-bond donors (Lipinski definition) is 0. The minimum Gasteiger partial charge on any atom is -0.378 e. The number of rotatable bonds is 1. The predicted octanol–water partition coefficient (Wildman–Crippen LogP) is 2.92. The van der Waals surface area contributed by atoms with Crippen LogP contribution in [0.15, 0.2) is 30.3 Å². The van der Waals surface area contributed by atoms with E-state index in [1.807, 2.05) is 0 Å². The van der Waals surface area contributed by atoms with Crippen LogP contribution in [0.5, 0.6) is 0 Å². The van der Waals surface area contributed by atoms with E-state index in [-0.39, 0.29) is 12.8 Å². The van der Waals surface area contributed by atoms with E-state index in [2.05, 4.69) is 80.9 Å². The van der Waals surface area contributed by atoms with Gasteiger partial charge in [0, 0.05) is 43.2 Å². The zero-order valence-electron chi connectivity index (χ0n) is 15.5. The number of benzene rings is 2. The third-order valence-corrected chi connectivity index (χ3v) is 5.81. The molecule has 0 bridgehead atoms. The van der Waals surface area contributed by atoms with Crippen molar-refractivity contribution in [2.45, 2.75) is 39.5 Å². The van der Waals surface area contributed by atoms with E-state index in [9.17, 15) is 0 Å². The van der Waals surface area contributed by atoms with Gasteiger partial charge in [0.15, 0.2) is 0 Å². The molecule has 2 nitrogen and oxygen atoms in total. The quantitative estimate of drug-likeness (QED) is 0.726. The number of nitrogens with zero attached hydrogens (tertiary/aromatic N) is 2. The van der Waals surface area contributed by atoms with E-state index < -0.39 is 0 Å². The average Bonchev–Trinajstić information content (AvgIpc) is 2.54. The molecule has 0 saturated heterocycles. The maximum absolute atomic E-state index is 2.45. The fourth-order valence-electron chi connectivity index (χ4n) is 4.30. The Balaban J connectivity index is 0.00000182. The summed E-state index contributed by atoms with van der Waals surface area (Å²) in [5.41, 5.74) is 7.05. The standard InChI is InChI=1S/C22H27N2.CH4/c1-22(2)19-13-18(23(3)4)9-8-15(19)11-17-12-16-7-6-10-24(5)21(16)14-20(17)22;/h8-9,11-14H,6-7,10H2,1-5H3;1H4/q+1;. The van der Waals surface area contributed by atoms with Crippen LogP contribution < -0.4 is 20.1 Å². The molecule has 0 unspecified atom stereocenters. The molecule has 1 aliphatic carbocycles. The van der Waals surface area contributed by atoms with Gasteiger partial charge in [-0.05, 0) is 52.6 Å². The second-order valence-electron chi connectivity index (χ2n) is 8.03. The van der Waals surface area contributed by atoms with Gasteiger partial charge in [0.2, 0.25) is 5.36 Å². The van der Waals surface area contributed by atoms with Crippen LogP contribution >= 0.6 is 0 Å². The van der Waals surface area contributed by atoms with Gasteiger partial charge in [-0.25, -0.2) is 4.58 Å². The van der Waals surface area contributed by atoms with Crippen molar-refractivity contribution in [3.05, 3.63) is 63.2 Å². The second-order valence-corrected chi connectivity index (χ2v) is 8.03. The summed E-state index contributed by atoms with van der Waals surface area (Å²) in [5, 5.41) is 2.83. The molecule has 2 aromatic carbocycles. The normalized spacial score (nSPS) is 16.8. The minimum atomic E-state index is 0. The number of hydrogen-bond acceptors (Lipinski definition) is 1. The van der Waals surface area contributed by atoms with E-state index >= 15 is 0 Å². The van der Waals surface area contributed by atoms with Gasteiger partial charge < -0.3 is 4.90 Å². The Morgan fingerprint density at radius 3 is 2.52 bits per heavy atom. The lowest BCUT2D eigenvalue weighted by molar-refractivity contribution is 0.577. The summed E-state index contributed by atoms with van der Waals surface area (Å²) in [6.45, 7) is 5.90. The van der Waals surface area contributed by atoms with Gasteiger partial charge >= 0.3 is 0 Å². The van der Waals surface area contributed by atoms with Gasteiger partial charge in [0.1, 0.15) is 13.6 Å². The maximum atomic E-state index is 2.45. The molecule has 1 aliphatic heterocycles. The summed E-state index contributed by atoms with van der Waals surface area (Å²) in [7, 11) is 6.45. The highest BCUT2D eigenvalue weighted by atomic mass is 15.1. The van der Waals surface area contributed by atoms with E-state index in [0.717, 1.165) is 6.54 Å². The highest BCUT2D eigenvalue weighted by Gasteiger charge is 2.31.